The Morgan fingerprint density at radius 1 is 1.03 bits per heavy atom. The molecule has 3 aromatic heterocycles. The molecule has 8 nitrogen and oxygen atoms in total. The van der Waals surface area contributed by atoms with Gasteiger partial charge in [-0.05, 0) is 79.8 Å². The summed E-state index contributed by atoms with van der Waals surface area (Å²) in [6.07, 6.45) is 7.15. The zero-order valence-corrected chi connectivity index (χ0v) is 20.2. The molecule has 176 valence electrons. The van der Waals surface area contributed by atoms with Gasteiger partial charge in [-0.2, -0.15) is 5.10 Å². The molecule has 36 heavy (non-hydrogen) atoms. The number of anilines is 3. The number of amides is 1. The lowest BCUT2D eigenvalue weighted by atomic mass is 10.2. The molecule has 0 radical (unpaired) electrons. The molecule has 5 aromatic rings. The van der Waals surface area contributed by atoms with Gasteiger partial charge in [-0.3, -0.25) is 4.79 Å². The van der Waals surface area contributed by atoms with Crippen molar-refractivity contribution < 1.29 is 4.79 Å². The second-order valence-electron chi connectivity index (χ2n) is 8.58. The molecular weight excluding hydrogens is 470 g/mol. The third-order valence-electron chi connectivity index (χ3n) is 5.78. The summed E-state index contributed by atoms with van der Waals surface area (Å²) < 4.78 is 1.74. The van der Waals surface area contributed by atoms with Gasteiger partial charge in [0.05, 0.1) is 5.52 Å². The van der Waals surface area contributed by atoms with Gasteiger partial charge in [-0.15, -0.1) is 0 Å². The van der Waals surface area contributed by atoms with Crippen molar-refractivity contribution in [3.63, 3.8) is 0 Å². The van der Waals surface area contributed by atoms with E-state index in [0.29, 0.717) is 17.4 Å². The Morgan fingerprint density at radius 2 is 1.92 bits per heavy atom. The second-order valence-corrected chi connectivity index (χ2v) is 9.70. The van der Waals surface area contributed by atoms with Crippen LogP contribution in [0.5, 0.6) is 0 Å². The van der Waals surface area contributed by atoms with Gasteiger partial charge in [0, 0.05) is 38.7 Å². The van der Waals surface area contributed by atoms with Crippen molar-refractivity contribution >= 4 is 51.4 Å². The summed E-state index contributed by atoms with van der Waals surface area (Å²) in [4.78, 5) is 27.5. The van der Waals surface area contributed by atoms with Crippen LogP contribution in [0.25, 0.3) is 16.6 Å². The van der Waals surface area contributed by atoms with Crippen LogP contribution in [0.3, 0.4) is 0 Å². The lowest BCUT2D eigenvalue weighted by Gasteiger charge is -2.12. The molecule has 2 aromatic carbocycles. The van der Waals surface area contributed by atoms with Crippen LogP contribution in [-0.4, -0.2) is 30.5 Å². The van der Waals surface area contributed by atoms with E-state index >= 15 is 0 Å². The number of fused-ring (bicyclic) bond motifs is 2. The summed E-state index contributed by atoms with van der Waals surface area (Å²) in [5, 5.41) is 11.2. The highest BCUT2D eigenvalue weighted by atomic mass is 32.2. The lowest BCUT2D eigenvalue weighted by Crippen LogP contribution is -2.08. The van der Waals surface area contributed by atoms with Crippen molar-refractivity contribution in [3.8, 4) is 11.8 Å². The maximum atomic E-state index is 12.2. The number of aromatic nitrogens is 5. The second kappa shape index (κ2) is 9.32. The Bertz CT molecular complexity index is 1680. The van der Waals surface area contributed by atoms with Gasteiger partial charge >= 0.3 is 0 Å². The standard InChI is InChI=1S/C27H21N7OS/c1-17-12-19(6-8-24(17)36-21-10-11-34-25(14-21)29-16-31-34)33-27-22-13-20(5-7-23(22)28-15-30-27)32-26(35)9-4-18-2-3-18/h5-8,10-16,18H,2-3H2,1H3,(H,32,35)(H,28,30,33). The molecular formula is C27H21N7OS. The molecule has 3 heterocycles. The molecule has 0 saturated heterocycles. The summed E-state index contributed by atoms with van der Waals surface area (Å²) in [6.45, 7) is 2.08. The molecule has 9 heteroatoms. The number of nitrogens with one attached hydrogen (secondary N) is 2. The van der Waals surface area contributed by atoms with Gasteiger partial charge < -0.3 is 10.6 Å². The fourth-order valence-corrected chi connectivity index (χ4v) is 4.66. The Morgan fingerprint density at radius 3 is 2.78 bits per heavy atom. The van der Waals surface area contributed by atoms with Gasteiger partial charge in [0.15, 0.2) is 5.65 Å². The Hall–Kier alpha value is -4.42. The molecule has 0 spiro atoms. The molecule has 2 N–H and O–H groups in total. The average molecular weight is 492 g/mol. The number of carbonyl (C=O) groups excluding carboxylic acids is 1. The summed E-state index contributed by atoms with van der Waals surface area (Å²) >= 11 is 1.68. The van der Waals surface area contributed by atoms with Crippen LogP contribution in [-0.2, 0) is 4.79 Å². The first-order valence-corrected chi connectivity index (χ1v) is 12.3. The Balaban J connectivity index is 1.21. The van der Waals surface area contributed by atoms with Crippen molar-refractivity contribution in [1.29, 1.82) is 0 Å². The normalized spacial score (nSPS) is 12.8. The van der Waals surface area contributed by atoms with Crippen LogP contribution >= 0.6 is 11.8 Å². The smallest absolute Gasteiger partial charge is 0.300 e. The zero-order valence-electron chi connectivity index (χ0n) is 19.4. The number of carbonyl (C=O) groups is 1. The van der Waals surface area contributed by atoms with Crippen molar-refractivity contribution in [1.82, 2.24) is 24.6 Å². The minimum atomic E-state index is -0.306. The van der Waals surface area contributed by atoms with E-state index in [1.54, 1.807) is 22.6 Å². The van der Waals surface area contributed by atoms with E-state index in [9.17, 15) is 4.79 Å². The number of hydrogen-bond acceptors (Lipinski definition) is 7. The minimum absolute atomic E-state index is 0.306. The SMILES string of the molecule is Cc1cc(Nc2ncnc3ccc(NC(=O)C#CC4CC4)cc23)ccc1Sc1ccn2ncnc2c1. The van der Waals surface area contributed by atoms with Crippen LogP contribution in [0.1, 0.15) is 18.4 Å². The van der Waals surface area contributed by atoms with Crippen LogP contribution < -0.4 is 10.6 Å². The summed E-state index contributed by atoms with van der Waals surface area (Å²) in [6, 6.07) is 15.8. The topological polar surface area (TPSA) is 97.1 Å². The fraction of sp³-hybridized carbons (Fsp3) is 0.148. The van der Waals surface area contributed by atoms with E-state index in [2.05, 4.69) is 61.6 Å². The first-order valence-electron chi connectivity index (χ1n) is 11.5. The van der Waals surface area contributed by atoms with Gasteiger partial charge in [-0.25, -0.2) is 19.5 Å². The number of rotatable bonds is 5. The van der Waals surface area contributed by atoms with E-state index in [1.165, 1.54) is 6.33 Å². The molecule has 1 amide bonds. The molecule has 1 aliphatic rings. The maximum absolute atomic E-state index is 12.2. The van der Waals surface area contributed by atoms with Crippen molar-refractivity contribution in [2.45, 2.75) is 29.6 Å². The highest BCUT2D eigenvalue weighted by Gasteiger charge is 2.18. The molecule has 0 aliphatic heterocycles. The number of nitrogens with zero attached hydrogens (tertiary/aromatic N) is 5. The van der Waals surface area contributed by atoms with E-state index < -0.39 is 0 Å². The molecule has 1 fully saturated rings. The quantitative estimate of drug-likeness (QED) is 0.325. The van der Waals surface area contributed by atoms with Gasteiger partial charge in [0.25, 0.3) is 5.91 Å². The maximum Gasteiger partial charge on any atom is 0.300 e. The molecule has 0 unspecified atom stereocenters. The molecule has 1 saturated carbocycles. The van der Waals surface area contributed by atoms with Crippen molar-refractivity contribution in [3.05, 3.63) is 72.9 Å². The fourth-order valence-electron chi connectivity index (χ4n) is 3.76. The van der Waals surface area contributed by atoms with Crippen molar-refractivity contribution in [2.24, 2.45) is 5.92 Å². The molecule has 0 atom stereocenters. The van der Waals surface area contributed by atoms with Gasteiger partial charge in [-0.1, -0.05) is 17.7 Å². The third kappa shape index (κ3) is 4.85. The summed E-state index contributed by atoms with van der Waals surface area (Å²) in [7, 11) is 0. The zero-order chi connectivity index (χ0) is 24.5. The van der Waals surface area contributed by atoms with Crippen LogP contribution in [0.15, 0.2) is 77.2 Å². The van der Waals surface area contributed by atoms with Crippen LogP contribution in [0.2, 0.25) is 0 Å². The Labute approximate surface area is 211 Å². The number of hydrogen-bond donors (Lipinski definition) is 2. The number of pyridine rings is 1. The monoisotopic (exact) mass is 491 g/mol. The number of aryl methyl sites for hydroxylation is 1. The Kier molecular flexibility index (Phi) is 5.71. The summed E-state index contributed by atoms with van der Waals surface area (Å²) in [5.74, 6) is 6.39. The van der Waals surface area contributed by atoms with Gasteiger partial charge in [0.1, 0.15) is 18.5 Å². The first kappa shape index (κ1) is 22.1. The highest BCUT2D eigenvalue weighted by molar-refractivity contribution is 7.99. The minimum Gasteiger partial charge on any atom is -0.340 e. The lowest BCUT2D eigenvalue weighted by molar-refractivity contribution is -0.111. The van der Waals surface area contributed by atoms with E-state index in [4.69, 9.17) is 0 Å². The van der Waals surface area contributed by atoms with Crippen molar-refractivity contribution in [2.75, 3.05) is 10.6 Å². The predicted molar refractivity (Wildman–Crippen MR) is 140 cm³/mol. The first-order chi connectivity index (χ1) is 17.6. The van der Waals surface area contributed by atoms with E-state index in [-0.39, 0.29) is 5.91 Å². The van der Waals surface area contributed by atoms with Gasteiger partial charge in [0.2, 0.25) is 0 Å². The molecule has 1 aliphatic carbocycles. The summed E-state index contributed by atoms with van der Waals surface area (Å²) in [5.41, 5.74) is 4.30. The largest absolute Gasteiger partial charge is 0.340 e. The highest BCUT2D eigenvalue weighted by Crippen LogP contribution is 2.33. The average Bonchev–Trinajstić information content (AvgIpc) is 3.60. The van der Waals surface area contributed by atoms with Crippen LogP contribution in [0.4, 0.5) is 17.2 Å². The molecule has 6 rings (SSSR count). The molecule has 0 bridgehead atoms. The van der Waals surface area contributed by atoms with E-state index in [0.717, 1.165) is 50.4 Å². The van der Waals surface area contributed by atoms with E-state index in [1.807, 2.05) is 42.6 Å². The third-order valence-corrected chi connectivity index (χ3v) is 6.95. The van der Waals surface area contributed by atoms with Crippen LogP contribution in [0, 0.1) is 24.7 Å². The number of benzene rings is 2. The predicted octanol–water partition coefficient (Wildman–Crippen LogP) is 5.23.